The Morgan fingerprint density at radius 3 is 2.35 bits per heavy atom. The number of esters is 1. The Bertz CT molecular complexity index is 1040. The van der Waals surface area contributed by atoms with Gasteiger partial charge in [-0.25, -0.2) is 13.6 Å². The summed E-state index contributed by atoms with van der Waals surface area (Å²) in [5, 5.41) is 8.89. The second kappa shape index (κ2) is 14.7. The predicted molar refractivity (Wildman–Crippen MR) is 141 cm³/mol. The lowest BCUT2D eigenvalue weighted by Crippen LogP contribution is -2.38. The van der Waals surface area contributed by atoms with Gasteiger partial charge in [-0.2, -0.15) is 5.26 Å². The van der Waals surface area contributed by atoms with Crippen molar-refractivity contribution in [3.63, 3.8) is 0 Å². The quantitative estimate of drug-likeness (QED) is 0.144. The topological polar surface area (TPSA) is 59.3 Å². The maximum Gasteiger partial charge on any atom is 0.347 e. The molecule has 0 amide bonds. The molecule has 1 fully saturated rings. The summed E-state index contributed by atoms with van der Waals surface area (Å²) in [5.41, 5.74) is -0.612. The number of halogens is 2. The number of nitrogens with zero attached hydrogens (tertiary/aromatic N) is 1. The molecule has 1 unspecified atom stereocenters. The molecule has 3 rings (SSSR count). The van der Waals surface area contributed by atoms with E-state index in [4.69, 9.17) is 14.7 Å². The van der Waals surface area contributed by atoms with E-state index in [1.165, 1.54) is 56.7 Å². The lowest BCUT2D eigenvalue weighted by atomic mass is 9.70. The molecule has 2 aromatic rings. The first-order valence-corrected chi connectivity index (χ1v) is 13.8. The first-order valence-electron chi connectivity index (χ1n) is 13.8. The number of nitriles is 1. The van der Waals surface area contributed by atoms with Crippen LogP contribution in [-0.4, -0.2) is 12.3 Å². The number of hydrogen-bond donors (Lipinski definition) is 0. The van der Waals surface area contributed by atoms with Crippen molar-refractivity contribution in [1.29, 1.82) is 5.26 Å². The molecule has 0 radical (unpaired) electrons. The van der Waals surface area contributed by atoms with Crippen LogP contribution < -0.4 is 9.47 Å². The largest absolute Gasteiger partial charge is 0.459 e. The molecule has 1 saturated carbocycles. The molecule has 0 aliphatic heterocycles. The Kier molecular flexibility index (Phi) is 11.4. The number of carbonyl (C=O) groups excluding carboxylic acids is 1. The van der Waals surface area contributed by atoms with Crippen molar-refractivity contribution in [1.82, 2.24) is 0 Å². The van der Waals surface area contributed by atoms with E-state index in [-0.39, 0.29) is 22.6 Å². The second-order valence-corrected chi connectivity index (χ2v) is 10.2. The second-order valence-electron chi connectivity index (χ2n) is 10.2. The highest BCUT2D eigenvalue weighted by Crippen LogP contribution is 2.46. The first-order chi connectivity index (χ1) is 18.0. The highest BCUT2D eigenvalue weighted by atomic mass is 19.1. The predicted octanol–water partition coefficient (Wildman–Crippen LogP) is 9.07. The summed E-state index contributed by atoms with van der Waals surface area (Å²) in [4.78, 5) is 12.9. The van der Waals surface area contributed by atoms with Crippen molar-refractivity contribution in [3.05, 3.63) is 59.4 Å². The normalized spacial score (nSPS) is 15.5. The van der Waals surface area contributed by atoms with E-state index in [1.807, 2.05) is 0 Å². The van der Waals surface area contributed by atoms with Gasteiger partial charge in [-0.15, -0.1) is 0 Å². The van der Waals surface area contributed by atoms with Crippen LogP contribution in [0.25, 0.3) is 0 Å². The Balaban J connectivity index is 1.63. The molecule has 4 nitrogen and oxygen atoms in total. The standard InChI is InChI=1S/C31H39F2NO3/c1-2-3-4-5-6-7-8-12-19-31(20-13-9-14-21-31)30(33)37-28-16-11-10-15-26(28)29(35)36-25-18-17-24(23-34)27(32)22-25/h10-11,15-18,22,30H,2-9,12-14,19-21H2,1H3. The summed E-state index contributed by atoms with van der Waals surface area (Å²) in [7, 11) is 0. The smallest absolute Gasteiger partial charge is 0.347 e. The Morgan fingerprint density at radius 1 is 1.00 bits per heavy atom. The lowest BCUT2D eigenvalue weighted by Gasteiger charge is -2.39. The lowest BCUT2D eigenvalue weighted by molar-refractivity contribution is -0.0796. The molecule has 0 bridgehead atoms. The molecular formula is C31H39F2NO3. The van der Waals surface area contributed by atoms with Gasteiger partial charge in [0.1, 0.15) is 28.9 Å². The van der Waals surface area contributed by atoms with E-state index in [1.54, 1.807) is 24.3 Å². The fraction of sp³-hybridized carbons (Fsp3) is 0.548. The number of hydrogen-bond acceptors (Lipinski definition) is 4. The molecule has 6 heteroatoms. The van der Waals surface area contributed by atoms with Crippen LogP contribution in [0.1, 0.15) is 113 Å². The van der Waals surface area contributed by atoms with Gasteiger partial charge in [0.25, 0.3) is 0 Å². The first kappa shape index (κ1) is 28.6. The Labute approximate surface area is 220 Å². The molecule has 0 saturated heterocycles. The van der Waals surface area contributed by atoms with Crippen LogP contribution in [0.3, 0.4) is 0 Å². The van der Waals surface area contributed by atoms with E-state index < -0.39 is 23.6 Å². The van der Waals surface area contributed by atoms with Crippen LogP contribution in [0.4, 0.5) is 8.78 Å². The summed E-state index contributed by atoms with van der Waals surface area (Å²) in [5.74, 6) is -1.46. The van der Waals surface area contributed by atoms with E-state index in [0.717, 1.165) is 57.4 Å². The van der Waals surface area contributed by atoms with Crippen LogP contribution in [0, 0.1) is 22.6 Å². The molecule has 2 aromatic carbocycles. The number of rotatable bonds is 14. The zero-order valence-corrected chi connectivity index (χ0v) is 21.9. The zero-order valence-electron chi connectivity index (χ0n) is 21.9. The molecule has 200 valence electrons. The summed E-state index contributed by atoms with van der Waals surface area (Å²) < 4.78 is 41.0. The molecular weight excluding hydrogens is 472 g/mol. The fourth-order valence-electron chi connectivity index (χ4n) is 5.24. The number of carbonyl (C=O) groups is 1. The number of unbranched alkanes of at least 4 members (excludes halogenated alkanes) is 7. The zero-order chi connectivity index (χ0) is 26.5. The van der Waals surface area contributed by atoms with Crippen LogP contribution in [-0.2, 0) is 0 Å². The molecule has 37 heavy (non-hydrogen) atoms. The molecule has 0 spiro atoms. The van der Waals surface area contributed by atoms with Gasteiger partial charge >= 0.3 is 5.97 Å². The molecule has 0 N–H and O–H groups in total. The Morgan fingerprint density at radius 2 is 1.68 bits per heavy atom. The van der Waals surface area contributed by atoms with Crippen LogP contribution in [0.15, 0.2) is 42.5 Å². The van der Waals surface area contributed by atoms with Crippen molar-refractivity contribution < 1.29 is 23.0 Å². The number of ether oxygens (including phenoxy) is 2. The van der Waals surface area contributed by atoms with Gasteiger partial charge in [0.15, 0.2) is 0 Å². The maximum absolute atomic E-state index is 15.9. The van der Waals surface area contributed by atoms with Crippen LogP contribution >= 0.6 is 0 Å². The van der Waals surface area contributed by atoms with E-state index in [2.05, 4.69) is 6.92 Å². The summed E-state index contributed by atoms with van der Waals surface area (Å²) >= 11 is 0. The number of alkyl halides is 1. The van der Waals surface area contributed by atoms with E-state index >= 15 is 4.39 Å². The number of benzene rings is 2. The number of para-hydroxylation sites is 1. The molecule has 1 aliphatic rings. The van der Waals surface area contributed by atoms with Crippen molar-refractivity contribution in [2.75, 3.05) is 0 Å². The molecule has 0 heterocycles. The highest BCUT2D eigenvalue weighted by molar-refractivity contribution is 5.94. The summed E-state index contributed by atoms with van der Waals surface area (Å²) in [6, 6.07) is 11.7. The maximum atomic E-state index is 15.9. The molecule has 0 aromatic heterocycles. The van der Waals surface area contributed by atoms with Gasteiger partial charge in [0.2, 0.25) is 6.36 Å². The molecule has 1 aliphatic carbocycles. The summed E-state index contributed by atoms with van der Waals surface area (Å²) in [6.45, 7) is 2.22. The van der Waals surface area contributed by atoms with Gasteiger partial charge < -0.3 is 9.47 Å². The van der Waals surface area contributed by atoms with Gasteiger partial charge in [-0.05, 0) is 43.5 Å². The van der Waals surface area contributed by atoms with Crippen molar-refractivity contribution in [3.8, 4) is 17.6 Å². The molecule has 1 atom stereocenters. The minimum Gasteiger partial charge on any atom is -0.459 e. The summed E-state index contributed by atoms with van der Waals surface area (Å²) in [6.07, 6.45) is 13.5. The minimum atomic E-state index is -1.53. The van der Waals surface area contributed by atoms with Crippen LogP contribution in [0.5, 0.6) is 11.5 Å². The average molecular weight is 512 g/mol. The third kappa shape index (κ3) is 8.28. The van der Waals surface area contributed by atoms with Crippen molar-refractivity contribution in [2.45, 2.75) is 103 Å². The average Bonchev–Trinajstić information content (AvgIpc) is 2.91. The van der Waals surface area contributed by atoms with E-state index in [9.17, 15) is 9.18 Å². The SMILES string of the molecule is CCCCCCCCCCC1(C(F)Oc2ccccc2C(=O)Oc2ccc(C#N)c(F)c2)CCCCC1. The fourth-order valence-corrected chi connectivity index (χ4v) is 5.24. The van der Waals surface area contributed by atoms with Crippen LogP contribution in [0.2, 0.25) is 0 Å². The van der Waals surface area contributed by atoms with Gasteiger partial charge in [0, 0.05) is 11.5 Å². The third-order valence-corrected chi connectivity index (χ3v) is 7.47. The third-order valence-electron chi connectivity index (χ3n) is 7.47. The Hall–Kier alpha value is -2.94. The van der Waals surface area contributed by atoms with Gasteiger partial charge in [0.05, 0.1) is 5.56 Å². The highest BCUT2D eigenvalue weighted by Gasteiger charge is 2.42. The van der Waals surface area contributed by atoms with Crippen molar-refractivity contribution >= 4 is 5.97 Å². The minimum absolute atomic E-state index is 0.0356. The van der Waals surface area contributed by atoms with E-state index in [0.29, 0.717) is 0 Å². The van der Waals surface area contributed by atoms with Gasteiger partial charge in [-0.3, -0.25) is 0 Å². The monoisotopic (exact) mass is 511 g/mol. The van der Waals surface area contributed by atoms with Gasteiger partial charge in [-0.1, -0.05) is 89.7 Å². The van der Waals surface area contributed by atoms with Crippen molar-refractivity contribution in [2.24, 2.45) is 5.41 Å².